The Bertz CT molecular complexity index is 434. The van der Waals surface area contributed by atoms with Gasteiger partial charge in [0.15, 0.2) is 0 Å². The van der Waals surface area contributed by atoms with Crippen LogP contribution >= 0.6 is 0 Å². The summed E-state index contributed by atoms with van der Waals surface area (Å²) in [5, 5.41) is 3.13. The van der Waals surface area contributed by atoms with Crippen molar-refractivity contribution in [3.8, 4) is 0 Å². The van der Waals surface area contributed by atoms with E-state index in [1.54, 1.807) is 0 Å². The summed E-state index contributed by atoms with van der Waals surface area (Å²) in [6, 6.07) is 0.157. The molecule has 0 spiro atoms. The molecule has 0 aromatic rings. The van der Waals surface area contributed by atoms with Crippen LogP contribution in [-0.4, -0.2) is 59.9 Å². The van der Waals surface area contributed by atoms with E-state index in [1.165, 1.54) is 12.8 Å². The highest BCUT2D eigenvalue weighted by Crippen LogP contribution is 2.31. The predicted octanol–water partition coefficient (Wildman–Crippen LogP) is 2.65. The zero-order valence-electron chi connectivity index (χ0n) is 16.6. The Morgan fingerprint density at radius 3 is 2.04 bits per heavy atom. The summed E-state index contributed by atoms with van der Waals surface area (Å²) >= 11 is 0. The molecule has 1 unspecified atom stereocenters. The minimum atomic E-state index is -0.0182. The summed E-state index contributed by atoms with van der Waals surface area (Å²) in [6.45, 7) is 11.4. The maximum atomic E-state index is 12.8. The molecule has 1 saturated carbocycles. The minimum Gasteiger partial charge on any atom is -0.353 e. The Hall–Kier alpha value is -1.10. The zero-order chi connectivity index (χ0) is 18.4. The molecule has 5 nitrogen and oxygen atoms in total. The van der Waals surface area contributed by atoms with Crippen molar-refractivity contribution in [3.05, 3.63) is 0 Å². The number of nitrogens with one attached hydrogen (secondary N) is 1. The fourth-order valence-electron chi connectivity index (χ4n) is 4.44. The third-order valence-electron chi connectivity index (χ3n) is 5.90. The van der Waals surface area contributed by atoms with Crippen LogP contribution in [-0.2, 0) is 9.59 Å². The number of rotatable bonds is 7. The van der Waals surface area contributed by atoms with Gasteiger partial charge in [0.1, 0.15) is 0 Å². The summed E-state index contributed by atoms with van der Waals surface area (Å²) in [7, 11) is 0. The normalized spacial score (nSPS) is 21.1. The second-order valence-corrected chi connectivity index (χ2v) is 8.03. The highest BCUT2D eigenvalue weighted by Gasteiger charge is 2.37. The highest BCUT2D eigenvalue weighted by atomic mass is 16.2. The number of hydrogen-bond donors (Lipinski definition) is 1. The van der Waals surface area contributed by atoms with Gasteiger partial charge in [-0.05, 0) is 45.4 Å². The molecule has 144 valence electrons. The number of piperazine rings is 1. The Morgan fingerprint density at radius 2 is 1.56 bits per heavy atom. The van der Waals surface area contributed by atoms with Gasteiger partial charge in [0, 0.05) is 38.1 Å². The van der Waals surface area contributed by atoms with Crippen molar-refractivity contribution in [2.45, 2.75) is 78.3 Å². The molecule has 1 N–H and O–H groups in total. The van der Waals surface area contributed by atoms with Gasteiger partial charge in [-0.25, -0.2) is 0 Å². The van der Waals surface area contributed by atoms with E-state index in [2.05, 4.69) is 24.1 Å². The fourth-order valence-corrected chi connectivity index (χ4v) is 4.44. The first-order chi connectivity index (χ1) is 12.0. The molecule has 1 heterocycles. The van der Waals surface area contributed by atoms with Crippen LogP contribution < -0.4 is 5.32 Å². The first kappa shape index (κ1) is 20.2. The van der Waals surface area contributed by atoms with E-state index in [-0.39, 0.29) is 23.9 Å². The van der Waals surface area contributed by atoms with Crippen molar-refractivity contribution < 1.29 is 9.59 Å². The van der Waals surface area contributed by atoms with E-state index in [0.29, 0.717) is 11.8 Å². The lowest BCUT2D eigenvalue weighted by Gasteiger charge is -2.41. The summed E-state index contributed by atoms with van der Waals surface area (Å²) in [6.07, 6.45) is 6.62. The SMILES string of the molecule is CCC(CC)C(=O)N1CCN(C(C(=O)NC(C)C)C2CCCC2)CC1. The van der Waals surface area contributed by atoms with E-state index in [0.717, 1.165) is 51.9 Å². The van der Waals surface area contributed by atoms with E-state index >= 15 is 0 Å². The first-order valence-corrected chi connectivity index (χ1v) is 10.3. The molecule has 0 radical (unpaired) electrons. The maximum absolute atomic E-state index is 12.8. The van der Waals surface area contributed by atoms with E-state index in [1.807, 2.05) is 18.7 Å². The van der Waals surface area contributed by atoms with Crippen molar-refractivity contribution in [2.24, 2.45) is 11.8 Å². The summed E-state index contributed by atoms with van der Waals surface area (Å²) in [5.41, 5.74) is 0. The molecule has 2 fully saturated rings. The van der Waals surface area contributed by atoms with Gasteiger partial charge in [0.2, 0.25) is 11.8 Å². The van der Waals surface area contributed by atoms with Gasteiger partial charge in [-0.1, -0.05) is 26.7 Å². The molecule has 1 saturated heterocycles. The molecular weight excluding hydrogens is 314 g/mol. The van der Waals surface area contributed by atoms with Crippen molar-refractivity contribution in [2.75, 3.05) is 26.2 Å². The van der Waals surface area contributed by atoms with Gasteiger partial charge in [-0.15, -0.1) is 0 Å². The molecule has 0 aromatic carbocycles. The second kappa shape index (κ2) is 9.56. The molecule has 1 aliphatic carbocycles. The van der Waals surface area contributed by atoms with Crippen molar-refractivity contribution in [3.63, 3.8) is 0 Å². The monoisotopic (exact) mass is 351 g/mol. The number of nitrogens with zero attached hydrogens (tertiary/aromatic N) is 2. The van der Waals surface area contributed by atoms with Crippen molar-refractivity contribution in [1.82, 2.24) is 15.1 Å². The third-order valence-corrected chi connectivity index (χ3v) is 5.90. The smallest absolute Gasteiger partial charge is 0.237 e. The summed E-state index contributed by atoms with van der Waals surface area (Å²) < 4.78 is 0. The van der Waals surface area contributed by atoms with Crippen LogP contribution in [0.4, 0.5) is 0 Å². The Kier molecular flexibility index (Phi) is 7.73. The number of hydrogen-bond acceptors (Lipinski definition) is 3. The number of amides is 2. The zero-order valence-corrected chi connectivity index (χ0v) is 16.6. The highest BCUT2D eigenvalue weighted by molar-refractivity contribution is 5.82. The van der Waals surface area contributed by atoms with Crippen LogP contribution in [0.25, 0.3) is 0 Å². The van der Waals surface area contributed by atoms with Crippen LogP contribution in [0.15, 0.2) is 0 Å². The van der Waals surface area contributed by atoms with Crippen molar-refractivity contribution >= 4 is 11.8 Å². The van der Waals surface area contributed by atoms with E-state index in [4.69, 9.17) is 0 Å². The average molecular weight is 352 g/mol. The van der Waals surface area contributed by atoms with Crippen LogP contribution in [0.2, 0.25) is 0 Å². The Labute approximate surface area is 153 Å². The standard InChI is InChI=1S/C20H37N3O2/c1-5-16(6-2)20(25)23-13-11-22(12-14-23)18(17-9-7-8-10-17)19(24)21-15(3)4/h15-18H,5-14H2,1-4H3,(H,21,24). The fraction of sp³-hybridized carbons (Fsp3) is 0.900. The molecule has 5 heteroatoms. The Balaban J connectivity index is 1.98. The summed E-state index contributed by atoms with van der Waals surface area (Å²) in [5.74, 6) is 1.11. The van der Waals surface area contributed by atoms with E-state index in [9.17, 15) is 9.59 Å². The van der Waals surface area contributed by atoms with Gasteiger partial charge in [0.05, 0.1) is 6.04 Å². The number of carbonyl (C=O) groups excluding carboxylic acids is 2. The Morgan fingerprint density at radius 1 is 1.00 bits per heavy atom. The molecule has 2 amide bonds. The molecule has 25 heavy (non-hydrogen) atoms. The topological polar surface area (TPSA) is 52.7 Å². The molecule has 2 aliphatic rings. The van der Waals surface area contributed by atoms with Gasteiger partial charge < -0.3 is 10.2 Å². The van der Waals surface area contributed by atoms with Crippen LogP contribution in [0, 0.1) is 11.8 Å². The molecule has 1 aliphatic heterocycles. The molecule has 0 aromatic heterocycles. The van der Waals surface area contributed by atoms with Gasteiger partial charge in [-0.3, -0.25) is 14.5 Å². The molecular formula is C20H37N3O2. The molecule has 1 atom stereocenters. The van der Waals surface area contributed by atoms with Crippen LogP contribution in [0.1, 0.15) is 66.2 Å². The first-order valence-electron chi connectivity index (χ1n) is 10.3. The van der Waals surface area contributed by atoms with Crippen LogP contribution in [0.3, 0.4) is 0 Å². The third kappa shape index (κ3) is 5.19. The average Bonchev–Trinajstić information content (AvgIpc) is 3.10. The quantitative estimate of drug-likeness (QED) is 0.767. The lowest BCUT2D eigenvalue weighted by Crippen LogP contribution is -2.59. The lowest BCUT2D eigenvalue weighted by atomic mass is 9.94. The minimum absolute atomic E-state index is 0.0182. The summed E-state index contributed by atoms with van der Waals surface area (Å²) in [4.78, 5) is 29.8. The van der Waals surface area contributed by atoms with Gasteiger partial charge in [-0.2, -0.15) is 0 Å². The van der Waals surface area contributed by atoms with Gasteiger partial charge in [0.25, 0.3) is 0 Å². The lowest BCUT2D eigenvalue weighted by molar-refractivity contribution is -0.139. The van der Waals surface area contributed by atoms with Crippen LogP contribution in [0.5, 0.6) is 0 Å². The predicted molar refractivity (Wildman–Crippen MR) is 101 cm³/mol. The second-order valence-electron chi connectivity index (χ2n) is 8.03. The number of carbonyl (C=O) groups is 2. The molecule has 2 rings (SSSR count). The largest absolute Gasteiger partial charge is 0.353 e. The van der Waals surface area contributed by atoms with Gasteiger partial charge >= 0.3 is 0 Å². The molecule has 0 bridgehead atoms. The maximum Gasteiger partial charge on any atom is 0.237 e. The van der Waals surface area contributed by atoms with E-state index < -0.39 is 0 Å². The van der Waals surface area contributed by atoms with Crippen molar-refractivity contribution in [1.29, 1.82) is 0 Å².